The molecule has 0 aromatic heterocycles. The van der Waals surface area contributed by atoms with E-state index in [4.69, 9.17) is 15.2 Å². The van der Waals surface area contributed by atoms with Crippen molar-refractivity contribution in [3.8, 4) is 5.75 Å². The summed E-state index contributed by atoms with van der Waals surface area (Å²) < 4.78 is 12.4. The van der Waals surface area contributed by atoms with E-state index in [-0.39, 0.29) is 6.10 Å². The van der Waals surface area contributed by atoms with Gasteiger partial charge in [0.05, 0.1) is 11.8 Å². The van der Waals surface area contributed by atoms with E-state index in [1.165, 1.54) is 6.42 Å². The summed E-state index contributed by atoms with van der Waals surface area (Å²) >= 11 is 3.41. The zero-order chi connectivity index (χ0) is 12.3. The van der Waals surface area contributed by atoms with Gasteiger partial charge in [-0.25, -0.2) is 0 Å². The Kier molecular flexibility index (Phi) is 4.29. The summed E-state index contributed by atoms with van der Waals surface area (Å²) in [7, 11) is 0. The van der Waals surface area contributed by atoms with Crippen LogP contribution in [0.4, 0.5) is 5.69 Å². The summed E-state index contributed by atoms with van der Waals surface area (Å²) in [6, 6.07) is 3.87. The molecule has 0 spiro atoms. The van der Waals surface area contributed by atoms with Crippen LogP contribution >= 0.6 is 15.9 Å². The summed E-state index contributed by atoms with van der Waals surface area (Å²) in [6.07, 6.45) is 3.68. The predicted molar refractivity (Wildman–Crippen MR) is 72.4 cm³/mol. The van der Waals surface area contributed by atoms with E-state index in [0.717, 1.165) is 35.2 Å². The minimum atomic E-state index is 0.214. The normalized spacial score (nSPS) is 20.2. The van der Waals surface area contributed by atoms with Crippen molar-refractivity contribution in [1.82, 2.24) is 0 Å². The van der Waals surface area contributed by atoms with E-state index >= 15 is 0 Å². The third kappa shape index (κ3) is 3.36. The van der Waals surface area contributed by atoms with Crippen LogP contribution in [0.25, 0.3) is 0 Å². The standard InChI is InChI=1S/C13H18BrNO2/c1-9-6-10(14)7-12(15)13(9)17-8-11-4-2-3-5-16-11/h6-7,11H,2-5,8,15H2,1H3. The highest BCUT2D eigenvalue weighted by Crippen LogP contribution is 2.30. The van der Waals surface area contributed by atoms with E-state index in [9.17, 15) is 0 Å². The lowest BCUT2D eigenvalue weighted by Gasteiger charge is -2.23. The highest BCUT2D eigenvalue weighted by molar-refractivity contribution is 9.10. The molecule has 1 aromatic carbocycles. The fraction of sp³-hybridized carbons (Fsp3) is 0.538. The second-order valence-electron chi connectivity index (χ2n) is 4.44. The molecule has 0 amide bonds. The molecule has 1 aliphatic heterocycles. The van der Waals surface area contributed by atoms with Crippen LogP contribution in [0.3, 0.4) is 0 Å². The number of halogens is 1. The van der Waals surface area contributed by atoms with Crippen molar-refractivity contribution in [1.29, 1.82) is 0 Å². The van der Waals surface area contributed by atoms with Gasteiger partial charge in [-0.15, -0.1) is 0 Å². The molecule has 1 aliphatic rings. The minimum Gasteiger partial charge on any atom is -0.488 e. The van der Waals surface area contributed by atoms with Crippen molar-refractivity contribution in [3.63, 3.8) is 0 Å². The van der Waals surface area contributed by atoms with Gasteiger partial charge in [-0.1, -0.05) is 15.9 Å². The molecule has 2 N–H and O–H groups in total. The maximum absolute atomic E-state index is 5.94. The molecule has 3 nitrogen and oxygen atoms in total. The van der Waals surface area contributed by atoms with Gasteiger partial charge in [0.1, 0.15) is 12.4 Å². The summed E-state index contributed by atoms with van der Waals surface area (Å²) in [5.41, 5.74) is 7.66. The van der Waals surface area contributed by atoms with Gasteiger partial charge in [-0.2, -0.15) is 0 Å². The van der Waals surface area contributed by atoms with Crippen LogP contribution in [0, 0.1) is 6.92 Å². The number of benzene rings is 1. The fourth-order valence-corrected chi connectivity index (χ4v) is 2.66. The van der Waals surface area contributed by atoms with Crippen LogP contribution in [0.15, 0.2) is 16.6 Å². The van der Waals surface area contributed by atoms with Crippen LogP contribution in [0.5, 0.6) is 5.75 Å². The number of anilines is 1. The molecule has 0 saturated carbocycles. The quantitative estimate of drug-likeness (QED) is 0.871. The molecule has 17 heavy (non-hydrogen) atoms. The smallest absolute Gasteiger partial charge is 0.145 e. The van der Waals surface area contributed by atoms with Gasteiger partial charge in [-0.3, -0.25) is 0 Å². The lowest BCUT2D eigenvalue weighted by atomic mass is 10.1. The first-order valence-electron chi connectivity index (χ1n) is 5.97. The Morgan fingerprint density at radius 2 is 2.29 bits per heavy atom. The highest BCUT2D eigenvalue weighted by atomic mass is 79.9. The van der Waals surface area contributed by atoms with Crippen molar-refractivity contribution in [2.75, 3.05) is 18.9 Å². The number of nitrogen functional groups attached to an aromatic ring is 1. The highest BCUT2D eigenvalue weighted by Gasteiger charge is 2.15. The van der Waals surface area contributed by atoms with Gasteiger partial charge in [0.15, 0.2) is 0 Å². The molecule has 1 saturated heterocycles. The first-order valence-corrected chi connectivity index (χ1v) is 6.76. The van der Waals surface area contributed by atoms with Crippen molar-refractivity contribution < 1.29 is 9.47 Å². The second kappa shape index (κ2) is 5.74. The number of rotatable bonds is 3. The van der Waals surface area contributed by atoms with Gasteiger partial charge in [0.25, 0.3) is 0 Å². The van der Waals surface area contributed by atoms with Crippen LogP contribution in [0.1, 0.15) is 24.8 Å². The summed E-state index contributed by atoms with van der Waals surface area (Å²) in [6.45, 7) is 3.44. The van der Waals surface area contributed by atoms with Crippen LogP contribution in [-0.2, 0) is 4.74 Å². The monoisotopic (exact) mass is 299 g/mol. The minimum absolute atomic E-state index is 0.214. The number of ether oxygens (including phenoxy) is 2. The lowest BCUT2D eigenvalue weighted by molar-refractivity contribution is -0.0110. The Morgan fingerprint density at radius 1 is 1.47 bits per heavy atom. The first kappa shape index (κ1) is 12.7. The Balaban J connectivity index is 1.98. The van der Waals surface area contributed by atoms with Gasteiger partial charge in [0.2, 0.25) is 0 Å². The van der Waals surface area contributed by atoms with E-state index in [0.29, 0.717) is 12.3 Å². The van der Waals surface area contributed by atoms with Crippen LogP contribution in [0.2, 0.25) is 0 Å². The van der Waals surface area contributed by atoms with Gasteiger partial charge in [-0.05, 0) is 43.9 Å². The Morgan fingerprint density at radius 3 is 2.94 bits per heavy atom. The van der Waals surface area contributed by atoms with E-state index in [1.807, 2.05) is 19.1 Å². The number of hydrogen-bond donors (Lipinski definition) is 1. The Labute approximate surface area is 110 Å². The molecule has 1 fully saturated rings. The third-order valence-corrected chi connectivity index (χ3v) is 3.41. The third-order valence-electron chi connectivity index (χ3n) is 2.96. The number of aryl methyl sites for hydroxylation is 1. The van der Waals surface area contributed by atoms with Crippen molar-refractivity contribution in [3.05, 3.63) is 22.2 Å². The Hall–Kier alpha value is -0.740. The molecule has 94 valence electrons. The average Bonchev–Trinajstić information content (AvgIpc) is 2.29. The number of nitrogens with two attached hydrogens (primary N) is 1. The summed E-state index contributed by atoms with van der Waals surface area (Å²) in [5, 5.41) is 0. The molecular weight excluding hydrogens is 282 g/mol. The number of hydrogen-bond acceptors (Lipinski definition) is 3. The molecule has 1 unspecified atom stereocenters. The van der Waals surface area contributed by atoms with Crippen LogP contribution in [-0.4, -0.2) is 19.3 Å². The van der Waals surface area contributed by atoms with E-state index in [1.54, 1.807) is 0 Å². The van der Waals surface area contributed by atoms with Crippen molar-refractivity contribution in [2.24, 2.45) is 0 Å². The van der Waals surface area contributed by atoms with Crippen molar-refractivity contribution in [2.45, 2.75) is 32.3 Å². The predicted octanol–water partition coefficient (Wildman–Crippen LogP) is 3.29. The molecule has 0 bridgehead atoms. The SMILES string of the molecule is Cc1cc(Br)cc(N)c1OCC1CCCCO1. The van der Waals surface area contributed by atoms with Gasteiger partial charge >= 0.3 is 0 Å². The molecular formula is C13H18BrNO2. The second-order valence-corrected chi connectivity index (χ2v) is 5.36. The fourth-order valence-electron chi connectivity index (χ4n) is 2.07. The largest absolute Gasteiger partial charge is 0.488 e. The molecule has 1 heterocycles. The molecule has 0 aliphatic carbocycles. The average molecular weight is 300 g/mol. The summed E-state index contributed by atoms with van der Waals surface area (Å²) in [4.78, 5) is 0. The summed E-state index contributed by atoms with van der Waals surface area (Å²) in [5.74, 6) is 0.780. The molecule has 1 atom stereocenters. The van der Waals surface area contributed by atoms with Crippen LogP contribution < -0.4 is 10.5 Å². The lowest BCUT2D eigenvalue weighted by Crippen LogP contribution is -2.26. The Bertz CT molecular complexity index is 366. The van der Waals surface area contributed by atoms with Gasteiger partial charge in [0, 0.05) is 11.1 Å². The maximum atomic E-state index is 5.94. The molecule has 4 heteroatoms. The van der Waals surface area contributed by atoms with E-state index < -0.39 is 0 Å². The van der Waals surface area contributed by atoms with Crippen molar-refractivity contribution >= 4 is 21.6 Å². The van der Waals surface area contributed by atoms with Gasteiger partial charge < -0.3 is 15.2 Å². The zero-order valence-electron chi connectivity index (χ0n) is 10.0. The first-order chi connectivity index (χ1) is 8.16. The topological polar surface area (TPSA) is 44.5 Å². The zero-order valence-corrected chi connectivity index (χ0v) is 11.6. The molecule has 1 aromatic rings. The van der Waals surface area contributed by atoms with E-state index in [2.05, 4.69) is 15.9 Å². The maximum Gasteiger partial charge on any atom is 0.145 e. The molecule has 2 rings (SSSR count). The molecule has 0 radical (unpaired) electrons.